The van der Waals surface area contributed by atoms with E-state index in [0.29, 0.717) is 0 Å². The number of aliphatic hydroxyl groups is 1. The summed E-state index contributed by atoms with van der Waals surface area (Å²) in [7, 11) is 0. The summed E-state index contributed by atoms with van der Waals surface area (Å²) in [4.78, 5) is 14.9. The summed E-state index contributed by atoms with van der Waals surface area (Å²) in [5, 5.41) is 9.60. The molecule has 1 N–H and O–H groups in total. The highest BCUT2D eigenvalue weighted by atomic mass is 16.3. The molecule has 2 unspecified atom stereocenters. The molecule has 21 heavy (non-hydrogen) atoms. The van der Waals surface area contributed by atoms with Crippen molar-refractivity contribution in [2.24, 2.45) is 0 Å². The number of rotatable bonds is 5. The normalized spacial score (nSPS) is 21.8. The van der Waals surface area contributed by atoms with E-state index in [-0.39, 0.29) is 24.5 Å². The number of ketones is 1. The average Bonchev–Trinajstić information content (AvgIpc) is 2.78. The van der Waals surface area contributed by atoms with E-state index < -0.39 is 0 Å². The highest BCUT2D eigenvalue weighted by Crippen LogP contribution is 2.21. The van der Waals surface area contributed by atoms with E-state index in [2.05, 4.69) is 11.8 Å². The lowest BCUT2D eigenvalue weighted by atomic mass is 10.0. The Balaban J connectivity index is 2.12. The van der Waals surface area contributed by atoms with Gasteiger partial charge in [0.25, 0.3) is 0 Å². The lowest BCUT2D eigenvalue weighted by molar-refractivity contribution is 0.0650. The maximum atomic E-state index is 12.7. The summed E-state index contributed by atoms with van der Waals surface area (Å²) in [6.07, 6.45) is 5.43. The Morgan fingerprint density at radius 2 is 2.00 bits per heavy atom. The molecule has 1 saturated heterocycles. The van der Waals surface area contributed by atoms with Crippen LogP contribution in [0, 0.1) is 0 Å². The maximum absolute atomic E-state index is 12.7. The summed E-state index contributed by atoms with van der Waals surface area (Å²) >= 11 is 0. The molecule has 0 bridgehead atoms. The van der Waals surface area contributed by atoms with E-state index in [4.69, 9.17) is 0 Å². The topological polar surface area (TPSA) is 40.5 Å². The quantitative estimate of drug-likeness (QED) is 0.847. The van der Waals surface area contributed by atoms with Crippen molar-refractivity contribution in [1.29, 1.82) is 0 Å². The Labute approximate surface area is 128 Å². The van der Waals surface area contributed by atoms with Crippen LogP contribution in [0.25, 0.3) is 0 Å². The molecule has 0 spiro atoms. The zero-order valence-corrected chi connectivity index (χ0v) is 13.2. The lowest BCUT2D eigenvalue weighted by Gasteiger charge is -2.33. The molecule has 1 aliphatic heterocycles. The average molecular weight is 289 g/mol. The molecule has 2 rings (SSSR count). The number of carbonyl (C=O) groups is 1. The van der Waals surface area contributed by atoms with Gasteiger partial charge in [-0.05, 0) is 38.3 Å². The summed E-state index contributed by atoms with van der Waals surface area (Å²) in [5.41, 5.74) is 2.03. The highest BCUT2D eigenvalue weighted by molar-refractivity contribution is 5.99. The van der Waals surface area contributed by atoms with Gasteiger partial charge in [0.15, 0.2) is 5.78 Å². The number of aliphatic hydroxyl groups excluding tert-OH is 1. The first-order chi connectivity index (χ1) is 10.2. The second-order valence-electron chi connectivity index (χ2n) is 6.01. The van der Waals surface area contributed by atoms with Gasteiger partial charge in [0.1, 0.15) is 0 Å². The number of benzene rings is 1. The number of likely N-dealkylation sites (tertiary alicyclic amines) is 1. The molecule has 1 aromatic carbocycles. The number of aryl methyl sites for hydroxylation is 1. The monoisotopic (exact) mass is 289 g/mol. The van der Waals surface area contributed by atoms with Crippen LogP contribution in [0.2, 0.25) is 0 Å². The van der Waals surface area contributed by atoms with Gasteiger partial charge >= 0.3 is 0 Å². The molecule has 2 atom stereocenters. The minimum absolute atomic E-state index is 0.126. The second-order valence-corrected chi connectivity index (χ2v) is 6.01. The van der Waals surface area contributed by atoms with Crippen molar-refractivity contribution in [1.82, 2.24) is 4.90 Å². The van der Waals surface area contributed by atoms with Crippen LogP contribution in [0.1, 0.15) is 55.5 Å². The van der Waals surface area contributed by atoms with Gasteiger partial charge in [0, 0.05) is 11.6 Å². The van der Waals surface area contributed by atoms with Crippen molar-refractivity contribution in [2.45, 2.75) is 58.0 Å². The van der Waals surface area contributed by atoms with Crippen molar-refractivity contribution in [3.05, 3.63) is 35.4 Å². The first kappa shape index (κ1) is 16.2. The van der Waals surface area contributed by atoms with E-state index in [9.17, 15) is 9.90 Å². The zero-order chi connectivity index (χ0) is 15.2. The van der Waals surface area contributed by atoms with E-state index in [0.717, 1.165) is 37.8 Å². The fourth-order valence-corrected chi connectivity index (χ4v) is 3.20. The van der Waals surface area contributed by atoms with Gasteiger partial charge < -0.3 is 5.11 Å². The van der Waals surface area contributed by atoms with Gasteiger partial charge in [-0.1, -0.05) is 44.0 Å². The predicted octanol–water partition coefficient (Wildman–Crippen LogP) is 3.06. The largest absolute Gasteiger partial charge is 0.395 e. The molecule has 116 valence electrons. The van der Waals surface area contributed by atoms with Crippen molar-refractivity contribution in [3.8, 4) is 0 Å². The van der Waals surface area contributed by atoms with E-state index in [1.54, 1.807) is 0 Å². The van der Waals surface area contributed by atoms with Gasteiger partial charge in [-0.3, -0.25) is 9.69 Å². The van der Waals surface area contributed by atoms with Crippen molar-refractivity contribution < 1.29 is 9.90 Å². The van der Waals surface area contributed by atoms with Crippen LogP contribution in [-0.4, -0.2) is 41.0 Å². The summed E-state index contributed by atoms with van der Waals surface area (Å²) in [6, 6.07) is 7.90. The van der Waals surface area contributed by atoms with Crippen LogP contribution in [0.3, 0.4) is 0 Å². The predicted molar refractivity (Wildman–Crippen MR) is 85.7 cm³/mol. The molecule has 0 radical (unpaired) electrons. The summed E-state index contributed by atoms with van der Waals surface area (Å²) in [6.45, 7) is 5.14. The van der Waals surface area contributed by atoms with Crippen molar-refractivity contribution >= 4 is 5.78 Å². The summed E-state index contributed by atoms with van der Waals surface area (Å²) < 4.78 is 0. The Morgan fingerprint density at radius 1 is 1.29 bits per heavy atom. The van der Waals surface area contributed by atoms with Crippen LogP contribution >= 0.6 is 0 Å². The molecule has 0 aromatic heterocycles. The zero-order valence-electron chi connectivity index (χ0n) is 13.2. The minimum atomic E-state index is -0.160. The van der Waals surface area contributed by atoms with Gasteiger partial charge in [0.2, 0.25) is 0 Å². The fraction of sp³-hybridized carbons (Fsp3) is 0.611. The number of hydrogen-bond acceptors (Lipinski definition) is 3. The molecule has 1 aliphatic rings. The molecule has 1 heterocycles. The molecular weight excluding hydrogens is 262 g/mol. The molecular formula is C18H27NO2. The van der Waals surface area contributed by atoms with Gasteiger partial charge in [-0.25, -0.2) is 0 Å². The third kappa shape index (κ3) is 3.92. The third-order valence-electron chi connectivity index (χ3n) is 4.66. The number of nitrogens with zero attached hydrogens (tertiary/aromatic N) is 1. The molecule has 1 aromatic rings. The van der Waals surface area contributed by atoms with Crippen LogP contribution in [0.4, 0.5) is 0 Å². The number of carbonyl (C=O) groups excluding carboxylic acids is 1. The standard InChI is InChI=1S/C18H27NO2/c1-3-15-8-10-16(11-9-15)18(21)14(2)19-12-6-4-5-7-17(19)13-20/h8-11,14,17,20H,3-7,12-13H2,1-2H3. The minimum Gasteiger partial charge on any atom is -0.395 e. The molecule has 3 nitrogen and oxygen atoms in total. The van der Waals surface area contributed by atoms with Crippen molar-refractivity contribution in [3.63, 3.8) is 0 Å². The first-order valence-electron chi connectivity index (χ1n) is 8.17. The maximum Gasteiger partial charge on any atom is 0.179 e. The summed E-state index contributed by atoms with van der Waals surface area (Å²) in [5.74, 6) is 0.165. The van der Waals surface area contributed by atoms with E-state index >= 15 is 0 Å². The Hall–Kier alpha value is -1.19. The molecule has 0 saturated carbocycles. The smallest absolute Gasteiger partial charge is 0.179 e. The lowest BCUT2D eigenvalue weighted by Crippen LogP contribution is -2.47. The van der Waals surface area contributed by atoms with Gasteiger partial charge in [0.05, 0.1) is 12.6 Å². The number of hydrogen-bond donors (Lipinski definition) is 1. The molecule has 0 amide bonds. The molecule has 3 heteroatoms. The van der Waals surface area contributed by atoms with E-state index in [1.165, 1.54) is 12.0 Å². The Kier molecular flexibility index (Phi) is 5.95. The fourth-order valence-electron chi connectivity index (χ4n) is 3.20. The SMILES string of the molecule is CCc1ccc(C(=O)C(C)N2CCCCCC2CO)cc1. The van der Waals surface area contributed by atoms with Crippen LogP contribution < -0.4 is 0 Å². The Morgan fingerprint density at radius 3 is 2.62 bits per heavy atom. The second kappa shape index (κ2) is 7.71. The van der Waals surface area contributed by atoms with Crippen molar-refractivity contribution in [2.75, 3.05) is 13.2 Å². The van der Waals surface area contributed by atoms with Crippen LogP contribution in [-0.2, 0) is 6.42 Å². The van der Waals surface area contributed by atoms with Crippen LogP contribution in [0.15, 0.2) is 24.3 Å². The van der Waals surface area contributed by atoms with Gasteiger partial charge in [-0.15, -0.1) is 0 Å². The molecule has 0 aliphatic carbocycles. The van der Waals surface area contributed by atoms with Crippen LogP contribution in [0.5, 0.6) is 0 Å². The van der Waals surface area contributed by atoms with Gasteiger partial charge in [-0.2, -0.15) is 0 Å². The number of Topliss-reactive ketones (excluding diaryl/α,β-unsaturated/α-hetero) is 1. The third-order valence-corrected chi connectivity index (χ3v) is 4.66. The highest BCUT2D eigenvalue weighted by Gasteiger charge is 2.29. The first-order valence-corrected chi connectivity index (χ1v) is 8.17. The molecule has 1 fully saturated rings. The van der Waals surface area contributed by atoms with E-state index in [1.807, 2.05) is 31.2 Å². The Bertz CT molecular complexity index is 455.